The molecule has 0 heterocycles. The van der Waals surface area contributed by atoms with Gasteiger partial charge in [-0.05, 0) is 58.9 Å². The Morgan fingerprint density at radius 2 is 1.12 bits per heavy atom. The molecule has 0 aliphatic rings. The summed E-state index contributed by atoms with van der Waals surface area (Å²) in [5, 5.41) is 9.04. The van der Waals surface area contributed by atoms with Crippen molar-refractivity contribution in [2.75, 3.05) is 0 Å². The zero-order valence-corrected chi connectivity index (χ0v) is 20.2. The van der Waals surface area contributed by atoms with Gasteiger partial charge < -0.3 is 4.74 Å². The first-order valence-electron chi connectivity index (χ1n) is 11.5. The predicted molar refractivity (Wildman–Crippen MR) is 143 cm³/mol. The average Bonchev–Trinajstić information content (AvgIpc) is 2.87. The fourth-order valence-corrected chi connectivity index (χ4v) is 3.56. The number of benzene rings is 4. The summed E-state index contributed by atoms with van der Waals surface area (Å²) in [5.41, 5.74) is 6.43. The lowest BCUT2D eigenvalue weighted by Crippen LogP contribution is -2.13. The summed E-state index contributed by atoms with van der Waals surface area (Å²) in [6.45, 7) is 8.57. The van der Waals surface area contributed by atoms with Crippen molar-refractivity contribution < 1.29 is 4.74 Å². The molecule has 4 aromatic rings. The molecule has 0 bridgehead atoms. The minimum Gasteiger partial charge on any atom is -0.437 e. The smallest absolute Gasteiger partial charge is 0.246 e. The first kappa shape index (κ1) is 23.2. The quantitative estimate of drug-likeness (QED) is 0.174. The Labute approximate surface area is 202 Å². The summed E-state index contributed by atoms with van der Waals surface area (Å²) in [7, 11) is 0. The molecule has 0 saturated carbocycles. The van der Waals surface area contributed by atoms with Crippen molar-refractivity contribution in [1.29, 1.82) is 0 Å². The highest BCUT2D eigenvalue weighted by Crippen LogP contribution is 2.23. The largest absolute Gasteiger partial charge is 0.437 e. The number of rotatable bonds is 5. The van der Waals surface area contributed by atoms with E-state index in [2.05, 4.69) is 79.5 Å². The van der Waals surface area contributed by atoms with Gasteiger partial charge in [-0.25, -0.2) is 0 Å². The van der Waals surface area contributed by atoms with Gasteiger partial charge in [0, 0.05) is 5.56 Å². The predicted octanol–water partition coefficient (Wildman–Crippen LogP) is 7.90. The number of hydrogen-bond acceptors (Lipinski definition) is 3. The molecule has 3 nitrogen and oxygen atoms in total. The highest BCUT2D eigenvalue weighted by Gasteiger charge is 2.15. The van der Waals surface area contributed by atoms with E-state index in [0.717, 1.165) is 22.6 Å². The van der Waals surface area contributed by atoms with Gasteiger partial charge in [0.05, 0.1) is 5.71 Å². The van der Waals surface area contributed by atoms with Gasteiger partial charge in [0.1, 0.15) is 5.75 Å². The molecule has 0 aromatic heterocycles. The second-order valence-corrected chi connectivity index (χ2v) is 9.28. The summed E-state index contributed by atoms with van der Waals surface area (Å²) in [6.07, 6.45) is 0. The minimum absolute atomic E-state index is 0.0801. The van der Waals surface area contributed by atoms with E-state index >= 15 is 0 Å². The third-order valence-electron chi connectivity index (χ3n) is 5.66. The lowest BCUT2D eigenvalue weighted by atomic mass is 9.87. The van der Waals surface area contributed by atoms with E-state index < -0.39 is 0 Å². The van der Waals surface area contributed by atoms with Crippen LogP contribution in [0.3, 0.4) is 0 Å². The third kappa shape index (κ3) is 5.87. The lowest BCUT2D eigenvalue weighted by molar-refractivity contribution is 0.549. The van der Waals surface area contributed by atoms with E-state index in [1.165, 1.54) is 16.7 Å². The summed E-state index contributed by atoms with van der Waals surface area (Å²) in [5.74, 6) is 1.19. The van der Waals surface area contributed by atoms with Gasteiger partial charge in [-0.3, -0.25) is 0 Å². The number of para-hydroxylation sites is 1. The van der Waals surface area contributed by atoms with Crippen molar-refractivity contribution in [3.8, 4) is 16.9 Å². The molecular formula is C31H30N2O. The maximum atomic E-state index is 6.13. The molecule has 0 unspecified atom stereocenters. The van der Waals surface area contributed by atoms with Crippen molar-refractivity contribution >= 4 is 11.6 Å². The Balaban J connectivity index is 1.62. The number of ether oxygens (including phenoxy) is 1. The Bertz CT molecular complexity index is 1270. The van der Waals surface area contributed by atoms with Gasteiger partial charge in [0.15, 0.2) is 0 Å². The zero-order chi connectivity index (χ0) is 24.0. The fourth-order valence-electron chi connectivity index (χ4n) is 3.56. The molecule has 0 aliphatic heterocycles. The van der Waals surface area contributed by atoms with Gasteiger partial charge in [-0.1, -0.05) is 106 Å². The van der Waals surface area contributed by atoms with Crippen molar-refractivity contribution in [2.24, 2.45) is 10.2 Å². The van der Waals surface area contributed by atoms with E-state index in [0.29, 0.717) is 5.90 Å². The summed E-state index contributed by atoms with van der Waals surface area (Å²) in [4.78, 5) is 0. The van der Waals surface area contributed by atoms with E-state index in [1.54, 1.807) is 0 Å². The SMILES string of the molecule is C/C(=N\N=C(/Oc1ccccc1)c1ccc(C(C)(C)C)cc1)c1ccc(-c2ccccc2)cc1. The normalized spacial score (nSPS) is 12.5. The van der Waals surface area contributed by atoms with Crippen molar-refractivity contribution in [1.82, 2.24) is 0 Å². The minimum atomic E-state index is 0.0801. The maximum Gasteiger partial charge on any atom is 0.246 e. The molecule has 0 amide bonds. The van der Waals surface area contributed by atoms with Crippen LogP contribution in [0.5, 0.6) is 5.75 Å². The molecule has 0 N–H and O–H groups in total. The van der Waals surface area contributed by atoms with Crippen LogP contribution in [0.25, 0.3) is 11.1 Å². The van der Waals surface area contributed by atoms with Crippen LogP contribution >= 0.6 is 0 Å². The van der Waals surface area contributed by atoms with Gasteiger partial charge in [-0.15, -0.1) is 5.10 Å². The molecule has 0 aliphatic carbocycles. The van der Waals surface area contributed by atoms with E-state index in [1.807, 2.05) is 67.6 Å². The number of nitrogens with zero attached hydrogens (tertiary/aromatic N) is 2. The van der Waals surface area contributed by atoms with Crippen LogP contribution < -0.4 is 4.74 Å². The first-order chi connectivity index (χ1) is 16.4. The molecule has 4 aromatic carbocycles. The molecule has 0 spiro atoms. The van der Waals surface area contributed by atoms with E-state index in [-0.39, 0.29) is 5.41 Å². The molecular weight excluding hydrogens is 416 g/mol. The lowest BCUT2D eigenvalue weighted by Gasteiger charge is -2.19. The molecule has 4 rings (SSSR count). The number of hydrogen-bond donors (Lipinski definition) is 0. The molecule has 170 valence electrons. The van der Waals surface area contributed by atoms with Gasteiger partial charge >= 0.3 is 0 Å². The van der Waals surface area contributed by atoms with E-state index in [4.69, 9.17) is 4.74 Å². The maximum absolute atomic E-state index is 6.13. The molecule has 0 saturated heterocycles. The van der Waals surface area contributed by atoms with Gasteiger partial charge in [0.2, 0.25) is 5.90 Å². The van der Waals surface area contributed by atoms with Crippen molar-refractivity contribution in [2.45, 2.75) is 33.1 Å². The van der Waals surface area contributed by atoms with Gasteiger partial charge in [-0.2, -0.15) is 5.10 Å². The topological polar surface area (TPSA) is 34.0 Å². The van der Waals surface area contributed by atoms with Crippen LogP contribution in [0, 0.1) is 0 Å². The summed E-state index contributed by atoms with van der Waals surface area (Å²) < 4.78 is 6.13. The average molecular weight is 447 g/mol. The molecule has 34 heavy (non-hydrogen) atoms. The summed E-state index contributed by atoms with van der Waals surface area (Å²) >= 11 is 0. The Morgan fingerprint density at radius 3 is 1.71 bits per heavy atom. The summed E-state index contributed by atoms with van der Waals surface area (Å²) in [6, 6.07) is 36.7. The van der Waals surface area contributed by atoms with Crippen LogP contribution in [0.15, 0.2) is 119 Å². The van der Waals surface area contributed by atoms with Crippen molar-refractivity contribution in [3.05, 3.63) is 126 Å². The van der Waals surface area contributed by atoms with Crippen LogP contribution in [0.1, 0.15) is 44.4 Å². The second kappa shape index (κ2) is 10.3. The fraction of sp³-hybridized carbons (Fsp3) is 0.161. The van der Waals surface area contributed by atoms with Gasteiger partial charge in [0.25, 0.3) is 0 Å². The molecule has 0 radical (unpaired) electrons. The van der Waals surface area contributed by atoms with Crippen LogP contribution in [-0.4, -0.2) is 11.6 Å². The highest BCUT2D eigenvalue weighted by molar-refractivity contribution is 6.00. The van der Waals surface area contributed by atoms with Crippen LogP contribution in [-0.2, 0) is 5.41 Å². The Morgan fingerprint density at radius 1 is 0.588 bits per heavy atom. The van der Waals surface area contributed by atoms with E-state index in [9.17, 15) is 0 Å². The van der Waals surface area contributed by atoms with Crippen molar-refractivity contribution in [3.63, 3.8) is 0 Å². The molecule has 0 atom stereocenters. The Hall–Kier alpha value is -3.98. The monoisotopic (exact) mass is 446 g/mol. The molecule has 3 heteroatoms. The Kier molecular flexibility index (Phi) is 7.03. The third-order valence-corrected chi connectivity index (χ3v) is 5.66. The van der Waals surface area contributed by atoms with Crippen LogP contribution in [0.2, 0.25) is 0 Å². The zero-order valence-electron chi connectivity index (χ0n) is 20.2. The standard InChI is InChI=1S/C31H30N2O/c1-23(24-15-17-26(18-16-24)25-11-7-5-8-12-25)32-33-30(34-29-13-9-6-10-14-29)27-19-21-28(22-20-27)31(2,3)4/h5-22H,1-4H3/b32-23+,33-30-. The van der Waals surface area contributed by atoms with Crippen LogP contribution in [0.4, 0.5) is 0 Å². The first-order valence-corrected chi connectivity index (χ1v) is 11.5. The highest BCUT2D eigenvalue weighted by atomic mass is 16.5. The second-order valence-electron chi connectivity index (χ2n) is 9.28. The molecule has 0 fully saturated rings.